The van der Waals surface area contributed by atoms with Gasteiger partial charge in [-0.15, -0.1) is 10.2 Å². The zero-order chi connectivity index (χ0) is 14.8. The summed E-state index contributed by atoms with van der Waals surface area (Å²) in [6.45, 7) is 2.03. The summed E-state index contributed by atoms with van der Waals surface area (Å²) in [7, 11) is 0. The molecule has 0 atom stereocenters. The van der Waals surface area contributed by atoms with Gasteiger partial charge in [0.1, 0.15) is 5.01 Å². The number of hydrogen-bond donors (Lipinski definition) is 1. The Labute approximate surface area is 125 Å². The average molecular weight is 302 g/mol. The van der Waals surface area contributed by atoms with E-state index >= 15 is 0 Å². The van der Waals surface area contributed by atoms with Crippen LogP contribution in [0.15, 0.2) is 24.3 Å². The number of aryl methyl sites for hydroxylation is 2. The molecule has 0 radical (unpaired) electrons. The predicted molar refractivity (Wildman–Crippen MR) is 79.4 cm³/mol. The molecule has 2 aromatic heterocycles. The second kappa shape index (κ2) is 5.61. The van der Waals surface area contributed by atoms with Gasteiger partial charge in [-0.1, -0.05) is 41.2 Å². The highest BCUT2D eigenvalue weighted by Gasteiger charge is 2.13. The van der Waals surface area contributed by atoms with E-state index in [2.05, 4.69) is 15.3 Å². The Balaban J connectivity index is 1.86. The van der Waals surface area contributed by atoms with Gasteiger partial charge in [-0.3, -0.25) is 4.79 Å². The van der Waals surface area contributed by atoms with E-state index in [1.54, 1.807) is 4.52 Å². The summed E-state index contributed by atoms with van der Waals surface area (Å²) in [5, 5.41) is 22.3. The monoisotopic (exact) mass is 302 g/mol. The standard InChI is InChI=1S/C14H14N4O2S/c1-9-5-7-10(8-6-9)13-15-16-14-18(13)17-11(21-14)3-2-4-12(19)20/h5-8H,2-4H2,1H3,(H,19,20). The molecule has 0 saturated heterocycles. The van der Waals surface area contributed by atoms with Crippen LogP contribution in [0.5, 0.6) is 0 Å². The van der Waals surface area contributed by atoms with Crippen LogP contribution in [-0.4, -0.2) is 30.9 Å². The lowest BCUT2D eigenvalue weighted by molar-refractivity contribution is -0.137. The molecule has 1 aromatic carbocycles. The van der Waals surface area contributed by atoms with Gasteiger partial charge in [0.2, 0.25) is 4.96 Å². The van der Waals surface area contributed by atoms with Crippen LogP contribution in [0.1, 0.15) is 23.4 Å². The highest BCUT2D eigenvalue weighted by molar-refractivity contribution is 7.16. The fourth-order valence-electron chi connectivity index (χ4n) is 2.03. The molecule has 0 aliphatic carbocycles. The van der Waals surface area contributed by atoms with Gasteiger partial charge in [-0.05, 0) is 13.3 Å². The summed E-state index contributed by atoms with van der Waals surface area (Å²) in [6.07, 6.45) is 1.39. The van der Waals surface area contributed by atoms with Crippen LogP contribution < -0.4 is 0 Å². The van der Waals surface area contributed by atoms with Crippen LogP contribution in [-0.2, 0) is 11.2 Å². The van der Waals surface area contributed by atoms with Crippen LogP contribution in [0, 0.1) is 6.92 Å². The van der Waals surface area contributed by atoms with E-state index in [0.29, 0.717) is 18.7 Å². The number of fused-ring (bicyclic) bond motifs is 1. The molecule has 6 nitrogen and oxygen atoms in total. The molecule has 2 heterocycles. The number of hydrogen-bond acceptors (Lipinski definition) is 5. The topological polar surface area (TPSA) is 80.4 Å². The highest BCUT2D eigenvalue weighted by atomic mass is 32.1. The van der Waals surface area contributed by atoms with Gasteiger partial charge in [0.05, 0.1) is 0 Å². The Morgan fingerprint density at radius 2 is 2.05 bits per heavy atom. The number of rotatable bonds is 5. The third-order valence-corrected chi connectivity index (χ3v) is 4.08. The normalized spacial score (nSPS) is 11.1. The molecule has 0 bridgehead atoms. The summed E-state index contributed by atoms with van der Waals surface area (Å²) in [6, 6.07) is 8.04. The molecule has 0 saturated carbocycles. The maximum atomic E-state index is 10.5. The molecule has 0 spiro atoms. The second-order valence-electron chi connectivity index (χ2n) is 4.83. The molecular formula is C14H14N4O2S. The number of benzene rings is 1. The minimum atomic E-state index is -0.779. The third-order valence-electron chi connectivity index (χ3n) is 3.12. The van der Waals surface area contributed by atoms with E-state index in [-0.39, 0.29) is 6.42 Å². The highest BCUT2D eigenvalue weighted by Crippen LogP contribution is 2.22. The molecule has 0 fully saturated rings. The van der Waals surface area contributed by atoms with Crippen LogP contribution in [0.4, 0.5) is 0 Å². The second-order valence-corrected chi connectivity index (χ2v) is 5.87. The van der Waals surface area contributed by atoms with Gasteiger partial charge in [0.15, 0.2) is 5.82 Å². The minimum absolute atomic E-state index is 0.158. The van der Waals surface area contributed by atoms with Crippen molar-refractivity contribution in [2.24, 2.45) is 0 Å². The van der Waals surface area contributed by atoms with Gasteiger partial charge in [0.25, 0.3) is 0 Å². The van der Waals surface area contributed by atoms with Crippen molar-refractivity contribution in [2.45, 2.75) is 26.2 Å². The van der Waals surface area contributed by atoms with Crippen LogP contribution >= 0.6 is 11.3 Å². The van der Waals surface area contributed by atoms with Gasteiger partial charge in [0, 0.05) is 18.4 Å². The molecule has 108 valence electrons. The summed E-state index contributed by atoms with van der Waals surface area (Å²) in [5.41, 5.74) is 2.16. The Bertz CT molecular complexity index is 776. The van der Waals surface area contributed by atoms with Crippen molar-refractivity contribution in [3.05, 3.63) is 34.8 Å². The number of aliphatic carboxylic acids is 1. The lowest BCUT2D eigenvalue weighted by Crippen LogP contribution is -1.97. The molecule has 0 unspecified atom stereocenters. The van der Waals surface area contributed by atoms with E-state index in [1.807, 2.05) is 31.2 Å². The zero-order valence-electron chi connectivity index (χ0n) is 11.5. The lowest BCUT2D eigenvalue weighted by atomic mass is 10.1. The molecule has 0 aliphatic heterocycles. The van der Waals surface area contributed by atoms with E-state index < -0.39 is 5.97 Å². The van der Waals surface area contributed by atoms with Crippen molar-refractivity contribution in [3.63, 3.8) is 0 Å². The molecule has 3 rings (SSSR count). The smallest absolute Gasteiger partial charge is 0.303 e. The van der Waals surface area contributed by atoms with Crippen molar-refractivity contribution in [1.82, 2.24) is 19.8 Å². The Morgan fingerprint density at radius 1 is 1.29 bits per heavy atom. The summed E-state index contributed by atoms with van der Waals surface area (Å²) in [5.74, 6) is -0.0657. The minimum Gasteiger partial charge on any atom is -0.481 e. The van der Waals surface area contributed by atoms with Crippen LogP contribution in [0.2, 0.25) is 0 Å². The van der Waals surface area contributed by atoms with Crippen molar-refractivity contribution >= 4 is 22.3 Å². The largest absolute Gasteiger partial charge is 0.481 e. The first-order valence-corrected chi connectivity index (χ1v) is 7.45. The first kappa shape index (κ1) is 13.7. The number of carboxylic acid groups (broad SMARTS) is 1. The van der Waals surface area contributed by atoms with E-state index in [0.717, 1.165) is 15.5 Å². The Hall–Kier alpha value is -2.28. The van der Waals surface area contributed by atoms with Crippen molar-refractivity contribution < 1.29 is 9.90 Å². The molecule has 7 heteroatoms. The first-order chi connectivity index (χ1) is 10.1. The van der Waals surface area contributed by atoms with Crippen LogP contribution in [0.3, 0.4) is 0 Å². The average Bonchev–Trinajstić information content (AvgIpc) is 2.99. The Morgan fingerprint density at radius 3 is 2.76 bits per heavy atom. The summed E-state index contributed by atoms with van der Waals surface area (Å²) < 4.78 is 1.73. The predicted octanol–water partition coefficient (Wildman–Crippen LogP) is 2.57. The first-order valence-electron chi connectivity index (χ1n) is 6.63. The molecule has 0 amide bonds. The van der Waals surface area contributed by atoms with Crippen molar-refractivity contribution in [3.8, 4) is 11.4 Å². The number of carbonyl (C=O) groups is 1. The van der Waals surface area contributed by atoms with E-state index in [1.165, 1.54) is 16.9 Å². The maximum Gasteiger partial charge on any atom is 0.303 e. The van der Waals surface area contributed by atoms with Gasteiger partial charge in [-0.25, -0.2) is 0 Å². The summed E-state index contributed by atoms with van der Waals surface area (Å²) >= 11 is 1.45. The maximum absolute atomic E-state index is 10.5. The fourth-order valence-corrected chi connectivity index (χ4v) is 2.91. The number of aromatic nitrogens is 4. The van der Waals surface area contributed by atoms with E-state index in [9.17, 15) is 4.79 Å². The molecule has 1 N–H and O–H groups in total. The Kier molecular flexibility index (Phi) is 3.66. The quantitative estimate of drug-likeness (QED) is 0.783. The van der Waals surface area contributed by atoms with Gasteiger partial charge >= 0.3 is 5.97 Å². The fraction of sp³-hybridized carbons (Fsp3) is 0.286. The zero-order valence-corrected chi connectivity index (χ0v) is 12.3. The van der Waals surface area contributed by atoms with Crippen molar-refractivity contribution in [2.75, 3.05) is 0 Å². The third kappa shape index (κ3) is 2.92. The van der Waals surface area contributed by atoms with E-state index in [4.69, 9.17) is 5.11 Å². The molecule has 21 heavy (non-hydrogen) atoms. The number of carboxylic acids is 1. The summed E-state index contributed by atoms with van der Waals surface area (Å²) in [4.78, 5) is 11.3. The van der Waals surface area contributed by atoms with Crippen LogP contribution in [0.25, 0.3) is 16.3 Å². The molecular weight excluding hydrogens is 288 g/mol. The lowest BCUT2D eigenvalue weighted by Gasteiger charge is -1.97. The van der Waals surface area contributed by atoms with Gasteiger partial charge < -0.3 is 5.11 Å². The van der Waals surface area contributed by atoms with Crippen molar-refractivity contribution in [1.29, 1.82) is 0 Å². The molecule has 0 aliphatic rings. The van der Waals surface area contributed by atoms with Gasteiger partial charge in [-0.2, -0.15) is 9.61 Å². The molecule has 3 aromatic rings. The SMILES string of the molecule is Cc1ccc(-c2nnc3sc(CCCC(=O)O)nn23)cc1. The number of nitrogens with zero attached hydrogens (tertiary/aromatic N) is 4.